The topological polar surface area (TPSA) is 69.1 Å². The molecule has 12 rings (SSSR count). The Morgan fingerprint density at radius 2 is 0.754 bits per heavy atom. The SMILES string of the molecule is C.Clc1ccc2oc3cc4c5ccccc5c5ccccc5c4cc3c2n1.O=P(Cl)(Cl)Cl.c1cnc2c(c1)oc1cc3c4ccccc4c4ccccc4c3cc12. The van der Waals surface area contributed by atoms with Crippen molar-refractivity contribution in [3.05, 3.63) is 157 Å². The first kappa shape index (κ1) is 37.2. The van der Waals surface area contributed by atoms with Gasteiger partial charge in [0.25, 0.3) is 0 Å². The zero-order valence-electron chi connectivity index (χ0n) is 29.0. The number of halogens is 4. The first-order chi connectivity index (χ1) is 27.2. The van der Waals surface area contributed by atoms with Crippen LogP contribution in [0.3, 0.4) is 0 Å². The van der Waals surface area contributed by atoms with E-state index in [1.807, 2.05) is 24.4 Å². The van der Waals surface area contributed by atoms with Gasteiger partial charge in [0.05, 0.1) is 0 Å². The van der Waals surface area contributed by atoms with Crippen LogP contribution >= 0.6 is 50.5 Å². The Bertz CT molecular complexity index is 3590. The Hall–Kier alpha value is -5.39. The van der Waals surface area contributed by atoms with Gasteiger partial charge in [-0.15, -0.1) is 0 Å². The van der Waals surface area contributed by atoms with E-state index in [0.29, 0.717) is 5.15 Å². The maximum Gasteiger partial charge on any atom is 0.339 e. The highest BCUT2D eigenvalue weighted by Crippen LogP contribution is 2.61. The van der Waals surface area contributed by atoms with Crippen LogP contribution in [0.1, 0.15) is 7.43 Å². The number of hydrogen-bond donors (Lipinski definition) is 0. The van der Waals surface area contributed by atoms with Crippen molar-refractivity contribution in [3.8, 4) is 0 Å². The van der Waals surface area contributed by atoms with Gasteiger partial charge in [0.2, 0.25) is 0 Å². The third-order valence-electron chi connectivity index (χ3n) is 10.2. The Kier molecular flexibility index (Phi) is 9.48. The normalized spacial score (nSPS) is 11.8. The summed E-state index contributed by atoms with van der Waals surface area (Å²) >= 11 is 20.0. The van der Waals surface area contributed by atoms with E-state index in [2.05, 4.69) is 165 Å². The Morgan fingerprint density at radius 1 is 0.404 bits per heavy atom. The van der Waals surface area contributed by atoms with E-state index in [4.69, 9.17) is 20.4 Å². The van der Waals surface area contributed by atoms with E-state index < -0.39 is 5.20 Å². The molecule has 57 heavy (non-hydrogen) atoms. The summed E-state index contributed by atoms with van der Waals surface area (Å²) in [4.78, 5) is 9.01. The molecule has 0 unspecified atom stereocenters. The summed E-state index contributed by atoms with van der Waals surface area (Å²) in [5.74, 6) is 0. The molecule has 0 spiro atoms. The highest BCUT2D eigenvalue weighted by atomic mass is 36.0. The Morgan fingerprint density at radius 3 is 1.18 bits per heavy atom. The van der Waals surface area contributed by atoms with E-state index in [1.165, 1.54) is 64.6 Å². The average molecular weight is 843 g/mol. The van der Waals surface area contributed by atoms with Crippen molar-refractivity contribution in [2.24, 2.45) is 0 Å². The van der Waals surface area contributed by atoms with Crippen LogP contribution < -0.4 is 0 Å². The van der Waals surface area contributed by atoms with Crippen molar-refractivity contribution in [2.45, 2.75) is 7.43 Å². The number of hydrogen-bond acceptors (Lipinski definition) is 5. The fourth-order valence-corrected chi connectivity index (χ4v) is 8.16. The van der Waals surface area contributed by atoms with Crippen LogP contribution in [0, 0.1) is 0 Å². The van der Waals surface area contributed by atoms with Crippen molar-refractivity contribution >= 4 is 159 Å². The van der Waals surface area contributed by atoms with Crippen molar-refractivity contribution < 1.29 is 13.4 Å². The van der Waals surface area contributed by atoms with Crippen LogP contribution in [0.15, 0.2) is 161 Å². The molecule has 5 nitrogen and oxygen atoms in total. The van der Waals surface area contributed by atoms with Gasteiger partial charge < -0.3 is 8.83 Å². The van der Waals surface area contributed by atoms with E-state index >= 15 is 0 Å². The molecule has 8 aromatic carbocycles. The molecule has 0 radical (unpaired) electrons. The number of furan rings is 2. The molecule has 0 saturated carbocycles. The lowest BCUT2D eigenvalue weighted by Gasteiger charge is -2.10. The van der Waals surface area contributed by atoms with Crippen LogP contribution in [0.25, 0.3) is 109 Å². The molecule has 0 aliphatic heterocycles. The summed E-state index contributed by atoms with van der Waals surface area (Å²) < 4.78 is 21.6. The lowest BCUT2D eigenvalue weighted by atomic mass is 9.93. The molecule has 0 N–H and O–H groups in total. The number of pyridine rings is 2. The molecule has 0 aliphatic rings. The minimum Gasteiger partial charge on any atom is -0.454 e. The van der Waals surface area contributed by atoms with Crippen molar-refractivity contribution in [1.29, 1.82) is 0 Å². The van der Waals surface area contributed by atoms with Crippen LogP contribution in [-0.4, -0.2) is 9.97 Å². The second-order valence-electron chi connectivity index (χ2n) is 13.4. The average Bonchev–Trinajstić information content (AvgIpc) is 3.76. The Labute approximate surface area is 345 Å². The number of benzene rings is 8. The molecule has 0 saturated heterocycles. The van der Waals surface area contributed by atoms with Crippen molar-refractivity contribution in [2.75, 3.05) is 0 Å². The van der Waals surface area contributed by atoms with Gasteiger partial charge in [-0.3, -0.25) is 9.55 Å². The third-order valence-corrected chi connectivity index (χ3v) is 10.4. The lowest BCUT2D eigenvalue weighted by molar-refractivity contribution is 0.600. The molecular formula is C47H29Cl4N2O3P. The molecule has 0 aliphatic carbocycles. The van der Waals surface area contributed by atoms with Crippen molar-refractivity contribution in [3.63, 3.8) is 0 Å². The van der Waals surface area contributed by atoms with Gasteiger partial charge in [0.15, 0.2) is 11.2 Å². The van der Waals surface area contributed by atoms with Gasteiger partial charge in [-0.25, -0.2) is 4.98 Å². The quantitative estimate of drug-likeness (QED) is 0.0864. The van der Waals surface area contributed by atoms with Crippen LogP contribution in [0.4, 0.5) is 0 Å². The minimum atomic E-state index is -3.22. The summed E-state index contributed by atoms with van der Waals surface area (Å²) in [6.07, 6.45) is 1.82. The van der Waals surface area contributed by atoms with Gasteiger partial charge in [0, 0.05) is 17.0 Å². The van der Waals surface area contributed by atoms with Crippen LogP contribution in [0.5, 0.6) is 0 Å². The second-order valence-corrected chi connectivity index (χ2v) is 20.4. The number of rotatable bonds is 0. The standard InChI is InChI=1S/C23H12ClNO.C23H13NO.CH4.Cl3OP/c24-22-10-9-20-23(25-22)19-11-17-15-7-3-1-5-13(15)14-6-2-4-8-16(14)18(17)12-21(19)26-20;1-3-8-16-14(6-1)15-7-2-4-9-17(15)19-13-22-20(12-18(16)19)23-21(25-22)10-5-11-24-23;;1-5(2,3)4/h1-12H;1-13H;1H4;. The molecule has 0 atom stereocenters. The fraction of sp³-hybridized carbons (Fsp3) is 0.0213. The molecule has 0 fully saturated rings. The summed E-state index contributed by atoms with van der Waals surface area (Å²) in [6.45, 7) is 0. The monoisotopic (exact) mass is 840 g/mol. The minimum absolute atomic E-state index is 0. The largest absolute Gasteiger partial charge is 0.454 e. The molecule has 0 bridgehead atoms. The molecule has 278 valence electrons. The predicted molar refractivity (Wildman–Crippen MR) is 245 cm³/mol. The molecule has 4 aromatic heterocycles. The van der Waals surface area contributed by atoms with E-state index in [9.17, 15) is 4.57 Å². The highest BCUT2D eigenvalue weighted by molar-refractivity contribution is 8.24. The molecule has 10 heteroatoms. The number of fused-ring (bicyclic) bond motifs is 18. The molecular weight excluding hydrogens is 813 g/mol. The zero-order chi connectivity index (χ0) is 38.1. The summed E-state index contributed by atoms with van der Waals surface area (Å²) in [7, 11) is 0. The molecule has 12 aromatic rings. The van der Waals surface area contributed by atoms with Crippen molar-refractivity contribution in [1.82, 2.24) is 9.97 Å². The first-order valence-corrected chi connectivity index (χ1v) is 22.4. The van der Waals surface area contributed by atoms with E-state index in [-0.39, 0.29) is 7.43 Å². The van der Waals surface area contributed by atoms with Gasteiger partial charge in [0.1, 0.15) is 27.4 Å². The van der Waals surface area contributed by atoms with Crippen LogP contribution in [-0.2, 0) is 4.57 Å². The second kappa shape index (κ2) is 14.5. The van der Waals surface area contributed by atoms with Gasteiger partial charge in [-0.05, 0) is 147 Å². The van der Waals surface area contributed by atoms with E-state index in [0.717, 1.165) is 44.1 Å². The smallest absolute Gasteiger partial charge is 0.339 e. The summed E-state index contributed by atoms with van der Waals surface area (Å²) in [5.41, 5.74) is 5.06. The van der Waals surface area contributed by atoms with Gasteiger partial charge in [-0.1, -0.05) is 116 Å². The lowest BCUT2D eigenvalue weighted by Crippen LogP contribution is -1.83. The van der Waals surface area contributed by atoms with Gasteiger partial charge >= 0.3 is 5.20 Å². The maximum absolute atomic E-state index is 9.51. The summed E-state index contributed by atoms with van der Waals surface area (Å²) in [5, 5.41) is 14.3. The van der Waals surface area contributed by atoms with Crippen LogP contribution in [0.2, 0.25) is 5.15 Å². The number of aromatic nitrogens is 2. The molecule has 0 amide bonds. The first-order valence-electron chi connectivity index (χ1n) is 17.6. The zero-order valence-corrected chi connectivity index (χ0v) is 32.9. The maximum atomic E-state index is 9.51. The number of nitrogens with zero attached hydrogens (tertiary/aromatic N) is 2. The summed E-state index contributed by atoms with van der Waals surface area (Å²) in [6, 6.07) is 50.5. The fourth-order valence-electron chi connectivity index (χ4n) is 8.01. The van der Waals surface area contributed by atoms with Gasteiger partial charge in [-0.2, -0.15) is 0 Å². The Balaban J connectivity index is 0.000000131. The predicted octanol–water partition coefficient (Wildman–Crippen LogP) is 17.0. The third kappa shape index (κ3) is 6.60. The highest BCUT2D eigenvalue weighted by Gasteiger charge is 2.16. The van der Waals surface area contributed by atoms with E-state index in [1.54, 1.807) is 6.07 Å². The molecule has 4 heterocycles.